The summed E-state index contributed by atoms with van der Waals surface area (Å²) < 4.78 is 0. The predicted molar refractivity (Wildman–Crippen MR) is 95.3 cm³/mol. The van der Waals surface area contributed by atoms with E-state index in [1.54, 1.807) is 4.90 Å². The van der Waals surface area contributed by atoms with Gasteiger partial charge in [-0.15, -0.1) is 0 Å². The molecule has 0 radical (unpaired) electrons. The summed E-state index contributed by atoms with van der Waals surface area (Å²) in [7, 11) is 5.63. The van der Waals surface area contributed by atoms with Crippen LogP contribution in [0.3, 0.4) is 0 Å². The Bertz CT molecular complexity index is 665. The van der Waals surface area contributed by atoms with E-state index in [2.05, 4.69) is 36.9 Å². The first-order valence-electron chi connectivity index (χ1n) is 7.92. The van der Waals surface area contributed by atoms with Crippen LogP contribution in [0.15, 0.2) is 48.5 Å². The molecular formula is C20H26N2O. The summed E-state index contributed by atoms with van der Waals surface area (Å²) in [6.45, 7) is 4.97. The van der Waals surface area contributed by atoms with Gasteiger partial charge in [0.25, 0.3) is 0 Å². The lowest BCUT2D eigenvalue weighted by Gasteiger charge is -2.30. The third kappa shape index (κ3) is 4.20. The van der Waals surface area contributed by atoms with Crippen LogP contribution >= 0.6 is 0 Å². The number of hydrogen-bond acceptors (Lipinski definition) is 2. The summed E-state index contributed by atoms with van der Waals surface area (Å²) >= 11 is 0. The zero-order chi connectivity index (χ0) is 17.0. The fourth-order valence-corrected chi connectivity index (χ4v) is 2.85. The van der Waals surface area contributed by atoms with Crippen LogP contribution in [0, 0.1) is 13.8 Å². The van der Waals surface area contributed by atoms with Crippen molar-refractivity contribution < 1.29 is 4.79 Å². The van der Waals surface area contributed by atoms with Gasteiger partial charge in [-0.2, -0.15) is 0 Å². The quantitative estimate of drug-likeness (QED) is 0.843. The minimum absolute atomic E-state index is 0.100. The largest absolute Gasteiger partial charge is 0.347 e. The van der Waals surface area contributed by atoms with Gasteiger partial charge in [0.15, 0.2) is 0 Å². The fourth-order valence-electron chi connectivity index (χ4n) is 2.85. The molecule has 3 nitrogen and oxygen atoms in total. The summed E-state index contributed by atoms with van der Waals surface area (Å²) in [4.78, 5) is 16.5. The van der Waals surface area contributed by atoms with E-state index in [0.29, 0.717) is 0 Å². The highest BCUT2D eigenvalue weighted by atomic mass is 16.2. The Morgan fingerprint density at radius 3 is 2.22 bits per heavy atom. The van der Waals surface area contributed by atoms with Crippen LogP contribution in [0.2, 0.25) is 0 Å². The summed E-state index contributed by atoms with van der Waals surface area (Å²) in [6.07, 6.45) is 0. The Morgan fingerprint density at radius 2 is 1.65 bits per heavy atom. The van der Waals surface area contributed by atoms with Crippen LogP contribution < -0.4 is 0 Å². The van der Waals surface area contributed by atoms with Crippen molar-refractivity contribution in [3.05, 3.63) is 70.8 Å². The maximum absolute atomic E-state index is 12.7. The maximum Gasteiger partial charge on any atom is 0.244 e. The number of carbonyl (C=O) groups excluding carboxylic acids is 1. The van der Waals surface area contributed by atoms with Gasteiger partial charge in [-0.05, 0) is 37.6 Å². The predicted octanol–water partition coefficient (Wildman–Crippen LogP) is 3.56. The molecule has 2 rings (SSSR count). The summed E-state index contributed by atoms with van der Waals surface area (Å²) in [5, 5.41) is 0. The number of benzene rings is 2. The van der Waals surface area contributed by atoms with Gasteiger partial charge < -0.3 is 4.90 Å². The normalized spacial score (nSPS) is 12.3. The number of rotatable bonds is 5. The molecule has 23 heavy (non-hydrogen) atoms. The zero-order valence-corrected chi connectivity index (χ0v) is 14.7. The number of aryl methyl sites for hydroxylation is 2. The second-order valence-electron chi connectivity index (χ2n) is 6.39. The molecule has 0 aliphatic heterocycles. The van der Waals surface area contributed by atoms with E-state index in [-0.39, 0.29) is 11.9 Å². The number of amides is 1. The monoisotopic (exact) mass is 310 g/mol. The molecule has 0 spiro atoms. The van der Waals surface area contributed by atoms with Gasteiger partial charge >= 0.3 is 0 Å². The molecule has 1 amide bonds. The molecule has 0 aliphatic carbocycles. The molecule has 0 bridgehead atoms. The van der Waals surface area contributed by atoms with Gasteiger partial charge in [0.1, 0.15) is 6.04 Å². The van der Waals surface area contributed by atoms with Crippen molar-refractivity contribution in [1.82, 2.24) is 9.80 Å². The third-order valence-electron chi connectivity index (χ3n) is 4.15. The molecule has 1 atom stereocenters. The van der Waals surface area contributed by atoms with Crippen molar-refractivity contribution >= 4 is 5.91 Å². The van der Waals surface area contributed by atoms with E-state index in [0.717, 1.165) is 12.1 Å². The summed E-state index contributed by atoms with van der Waals surface area (Å²) in [6, 6.07) is 16.2. The van der Waals surface area contributed by atoms with Crippen LogP contribution in [0.4, 0.5) is 0 Å². The smallest absolute Gasteiger partial charge is 0.244 e. The first-order valence-corrected chi connectivity index (χ1v) is 7.92. The van der Waals surface area contributed by atoms with Crippen molar-refractivity contribution in [2.75, 3.05) is 21.1 Å². The standard InChI is InChI=1S/C20H26N2O/c1-15-11-12-18(16(2)13-15)14-22(5)19(20(23)21(3)4)17-9-7-6-8-10-17/h6-13,19H,14H2,1-5H3/t19-/m0/s1. The highest BCUT2D eigenvalue weighted by molar-refractivity contribution is 5.82. The van der Waals surface area contributed by atoms with Crippen LogP contribution in [0.5, 0.6) is 0 Å². The molecule has 0 aliphatic rings. The molecule has 2 aromatic carbocycles. The SMILES string of the molecule is Cc1ccc(CN(C)[C@H](C(=O)N(C)C)c2ccccc2)c(C)c1. The molecule has 122 valence electrons. The molecular weight excluding hydrogens is 284 g/mol. The molecule has 0 aromatic heterocycles. The molecule has 0 fully saturated rings. The lowest BCUT2D eigenvalue weighted by molar-refractivity contribution is -0.134. The van der Waals surface area contributed by atoms with Crippen molar-refractivity contribution in [3.8, 4) is 0 Å². The number of hydrogen-bond donors (Lipinski definition) is 0. The molecule has 2 aromatic rings. The highest BCUT2D eigenvalue weighted by Gasteiger charge is 2.26. The second-order valence-corrected chi connectivity index (χ2v) is 6.39. The fraction of sp³-hybridized carbons (Fsp3) is 0.350. The van der Waals surface area contributed by atoms with Crippen molar-refractivity contribution in [1.29, 1.82) is 0 Å². The van der Waals surface area contributed by atoms with Crippen LogP contribution in [-0.2, 0) is 11.3 Å². The highest BCUT2D eigenvalue weighted by Crippen LogP contribution is 2.24. The van der Waals surface area contributed by atoms with E-state index in [9.17, 15) is 4.79 Å². The van der Waals surface area contributed by atoms with E-state index in [1.807, 2.05) is 51.5 Å². The van der Waals surface area contributed by atoms with E-state index in [4.69, 9.17) is 0 Å². The van der Waals surface area contributed by atoms with Crippen molar-refractivity contribution in [2.45, 2.75) is 26.4 Å². The summed E-state index contributed by atoms with van der Waals surface area (Å²) in [5.74, 6) is 0.100. The van der Waals surface area contributed by atoms with Gasteiger partial charge in [-0.1, -0.05) is 54.1 Å². The molecule has 0 saturated heterocycles. The van der Waals surface area contributed by atoms with Crippen molar-refractivity contribution in [3.63, 3.8) is 0 Å². The Hall–Kier alpha value is -2.13. The number of carbonyl (C=O) groups is 1. The molecule has 3 heteroatoms. The lowest BCUT2D eigenvalue weighted by atomic mass is 10.0. The minimum Gasteiger partial charge on any atom is -0.347 e. The molecule has 0 heterocycles. The topological polar surface area (TPSA) is 23.6 Å². The van der Waals surface area contributed by atoms with Gasteiger partial charge in [-0.3, -0.25) is 9.69 Å². The summed E-state index contributed by atoms with van der Waals surface area (Å²) in [5.41, 5.74) is 4.81. The van der Waals surface area contributed by atoms with E-state index < -0.39 is 0 Å². The Kier molecular flexibility index (Phi) is 5.56. The zero-order valence-electron chi connectivity index (χ0n) is 14.7. The average molecular weight is 310 g/mol. The van der Waals surface area contributed by atoms with Crippen LogP contribution in [-0.4, -0.2) is 36.9 Å². The molecule has 0 N–H and O–H groups in total. The van der Waals surface area contributed by atoms with Crippen molar-refractivity contribution in [2.24, 2.45) is 0 Å². The molecule has 0 saturated carbocycles. The Labute approximate surface area is 139 Å². The van der Waals surface area contributed by atoms with Gasteiger partial charge in [-0.25, -0.2) is 0 Å². The van der Waals surface area contributed by atoms with Gasteiger partial charge in [0.2, 0.25) is 5.91 Å². The third-order valence-corrected chi connectivity index (χ3v) is 4.15. The van der Waals surface area contributed by atoms with Gasteiger partial charge in [0, 0.05) is 20.6 Å². The Balaban J connectivity index is 2.30. The second kappa shape index (κ2) is 7.42. The van der Waals surface area contributed by atoms with Gasteiger partial charge in [0.05, 0.1) is 0 Å². The minimum atomic E-state index is -0.271. The van der Waals surface area contributed by atoms with Crippen LogP contribution in [0.1, 0.15) is 28.3 Å². The first kappa shape index (κ1) is 17.2. The molecule has 0 unspecified atom stereocenters. The number of likely N-dealkylation sites (N-methyl/N-ethyl adjacent to an activating group) is 2. The maximum atomic E-state index is 12.7. The van der Waals surface area contributed by atoms with E-state index in [1.165, 1.54) is 16.7 Å². The first-order chi connectivity index (χ1) is 10.9. The number of nitrogens with zero attached hydrogens (tertiary/aromatic N) is 2. The Morgan fingerprint density at radius 1 is 1.00 bits per heavy atom. The van der Waals surface area contributed by atoms with Crippen LogP contribution in [0.25, 0.3) is 0 Å². The average Bonchev–Trinajstić information content (AvgIpc) is 2.51. The lowest BCUT2D eigenvalue weighted by Crippen LogP contribution is -2.38. The van der Waals surface area contributed by atoms with E-state index >= 15 is 0 Å².